The molecule has 2 aliphatic heterocycles. The molecule has 130 valence electrons. The van der Waals surface area contributed by atoms with Crippen molar-refractivity contribution in [1.29, 1.82) is 0 Å². The van der Waals surface area contributed by atoms with Crippen LogP contribution in [0.3, 0.4) is 0 Å². The van der Waals surface area contributed by atoms with E-state index in [1.54, 1.807) is 0 Å². The van der Waals surface area contributed by atoms with Gasteiger partial charge in [-0.1, -0.05) is 23.7 Å². The molecule has 2 aromatic rings. The van der Waals surface area contributed by atoms with E-state index in [0.717, 1.165) is 67.3 Å². The largest absolute Gasteiger partial charge is 0.381 e. The molecular weight excluding hydrogens is 334 g/mol. The number of ether oxygens (including phenoxy) is 1. The van der Waals surface area contributed by atoms with Gasteiger partial charge in [0.1, 0.15) is 0 Å². The van der Waals surface area contributed by atoms with Gasteiger partial charge in [-0.3, -0.25) is 4.79 Å². The summed E-state index contributed by atoms with van der Waals surface area (Å²) in [4.78, 5) is 14.9. The van der Waals surface area contributed by atoms with Gasteiger partial charge in [0.25, 0.3) is 5.91 Å². The molecule has 4 rings (SSSR count). The Hall–Kier alpha value is -1.84. The molecule has 0 aliphatic carbocycles. The summed E-state index contributed by atoms with van der Waals surface area (Å²) >= 11 is 6.10. The lowest BCUT2D eigenvalue weighted by atomic mass is 9.92. The van der Waals surface area contributed by atoms with Crippen molar-refractivity contribution in [1.82, 2.24) is 0 Å². The van der Waals surface area contributed by atoms with Crippen molar-refractivity contribution in [3.8, 4) is 0 Å². The minimum Gasteiger partial charge on any atom is -0.381 e. The lowest BCUT2D eigenvalue weighted by Gasteiger charge is -2.30. The molecule has 0 saturated carbocycles. The van der Waals surface area contributed by atoms with Crippen molar-refractivity contribution in [2.24, 2.45) is 0 Å². The van der Waals surface area contributed by atoms with Crippen LogP contribution in [0.25, 0.3) is 0 Å². The average molecular weight is 356 g/mol. The maximum atomic E-state index is 13.0. The number of aryl methyl sites for hydroxylation is 1. The predicted octanol–water partition coefficient (Wildman–Crippen LogP) is 4.83. The predicted molar refractivity (Wildman–Crippen MR) is 101 cm³/mol. The fourth-order valence-electron chi connectivity index (χ4n) is 3.83. The molecule has 0 N–H and O–H groups in total. The minimum atomic E-state index is 0.0646. The summed E-state index contributed by atoms with van der Waals surface area (Å²) in [6.07, 6.45) is 4.21. The van der Waals surface area contributed by atoms with Crippen molar-refractivity contribution in [3.63, 3.8) is 0 Å². The number of carbonyl (C=O) groups excluding carboxylic acids is 1. The van der Waals surface area contributed by atoms with Crippen LogP contribution in [-0.4, -0.2) is 25.7 Å². The minimum absolute atomic E-state index is 0.0646. The molecule has 0 radical (unpaired) electrons. The zero-order valence-corrected chi connectivity index (χ0v) is 15.0. The molecule has 0 aromatic heterocycles. The summed E-state index contributed by atoms with van der Waals surface area (Å²) in [5, 5.41) is 0.729. The standard InChI is InChI=1S/C21H22ClNO2/c22-19-9-10-20-17(13-19)3-1-11-23(20)21(24)16-7-5-15(6-8-16)18-4-2-12-25-14-18/h5-10,13,18H,1-4,11-12,14H2. The van der Waals surface area contributed by atoms with Gasteiger partial charge in [0.2, 0.25) is 0 Å². The van der Waals surface area contributed by atoms with Crippen LogP contribution < -0.4 is 4.90 Å². The van der Waals surface area contributed by atoms with Gasteiger partial charge in [-0.2, -0.15) is 0 Å². The van der Waals surface area contributed by atoms with Gasteiger partial charge >= 0.3 is 0 Å². The molecule has 1 unspecified atom stereocenters. The van der Waals surface area contributed by atoms with Crippen molar-refractivity contribution >= 4 is 23.2 Å². The second kappa shape index (κ2) is 7.19. The van der Waals surface area contributed by atoms with Gasteiger partial charge in [0, 0.05) is 35.3 Å². The highest BCUT2D eigenvalue weighted by Gasteiger charge is 2.24. The lowest BCUT2D eigenvalue weighted by Crippen LogP contribution is -2.35. The van der Waals surface area contributed by atoms with Crippen LogP contribution in [0.2, 0.25) is 5.02 Å². The molecule has 0 spiro atoms. The first-order valence-corrected chi connectivity index (χ1v) is 9.38. The van der Waals surface area contributed by atoms with E-state index in [9.17, 15) is 4.79 Å². The zero-order chi connectivity index (χ0) is 17.2. The molecule has 2 heterocycles. The number of nitrogens with zero attached hydrogens (tertiary/aromatic N) is 1. The van der Waals surface area contributed by atoms with Crippen LogP contribution in [0.5, 0.6) is 0 Å². The smallest absolute Gasteiger partial charge is 0.258 e. The van der Waals surface area contributed by atoms with Crippen LogP contribution in [0.15, 0.2) is 42.5 Å². The number of rotatable bonds is 2. The summed E-state index contributed by atoms with van der Waals surface area (Å²) in [6, 6.07) is 13.9. The van der Waals surface area contributed by atoms with Crippen LogP contribution in [-0.2, 0) is 11.2 Å². The number of anilines is 1. The van der Waals surface area contributed by atoms with Gasteiger partial charge in [-0.05, 0) is 67.1 Å². The molecule has 1 fully saturated rings. The van der Waals surface area contributed by atoms with E-state index in [2.05, 4.69) is 12.1 Å². The van der Waals surface area contributed by atoms with Gasteiger partial charge in [0.15, 0.2) is 0 Å². The number of hydrogen-bond donors (Lipinski definition) is 0. The van der Waals surface area contributed by atoms with Crippen LogP contribution in [0, 0.1) is 0 Å². The SMILES string of the molecule is O=C(c1ccc(C2CCCOC2)cc1)N1CCCc2cc(Cl)ccc21. The summed E-state index contributed by atoms with van der Waals surface area (Å²) in [7, 11) is 0. The molecule has 4 heteroatoms. The fourth-order valence-corrected chi connectivity index (χ4v) is 4.03. The molecule has 1 amide bonds. The summed E-state index contributed by atoms with van der Waals surface area (Å²) in [6.45, 7) is 2.41. The first-order valence-electron chi connectivity index (χ1n) is 9.00. The van der Waals surface area contributed by atoms with Crippen LogP contribution in [0.4, 0.5) is 5.69 Å². The third-order valence-electron chi connectivity index (χ3n) is 5.19. The van der Waals surface area contributed by atoms with E-state index in [1.807, 2.05) is 35.2 Å². The van der Waals surface area contributed by atoms with Gasteiger partial charge in [-0.15, -0.1) is 0 Å². The number of fused-ring (bicyclic) bond motifs is 1. The number of amides is 1. The van der Waals surface area contributed by atoms with Crippen LogP contribution >= 0.6 is 11.6 Å². The zero-order valence-electron chi connectivity index (χ0n) is 14.2. The van der Waals surface area contributed by atoms with Crippen LogP contribution in [0.1, 0.15) is 46.7 Å². The topological polar surface area (TPSA) is 29.5 Å². The third-order valence-corrected chi connectivity index (χ3v) is 5.43. The summed E-state index contributed by atoms with van der Waals surface area (Å²) < 4.78 is 5.57. The molecule has 0 bridgehead atoms. The van der Waals surface area contributed by atoms with E-state index in [4.69, 9.17) is 16.3 Å². The highest BCUT2D eigenvalue weighted by Crippen LogP contribution is 2.31. The summed E-state index contributed by atoms with van der Waals surface area (Å²) in [5.41, 5.74) is 4.15. The maximum Gasteiger partial charge on any atom is 0.258 e. The number of hydrogen-bond acceptors (Lipinski definition) is 2. The molecule has 3 nitrogen and oxygen atoms in total. The molecular formula is C21H22ClNO2. The first-order chi connectivity index (χ1) is 12.2. The van der Waals surface area contributed by atoms with Crippen molar-refractivity contribution in [2.75, 3.05) is 24.7 Å². The highest BCUT2D eigenvalue weighted by molar-refractivity contribution is 6.30. The number of benzene rings is 2. The highest BCUT2D eigenvalue weighted by atomic mass is 35.5. The first kappa shape index (κ1) is 16.6. The van der Waals surface area contributed by atoms with E-state index in [1.165, 1.54) is 5.56 Å². The van der Waals surface area contributed by atoms with E-state index < -0.39 is 0 Å². The lowest BCUT2D eigenvalue weighted by molar-refractivity contribution is 0.0804. The Labute approximate surface area is 153 Å². The van der Waals surface area contributed by atoms with Crippen molar-refractivity contribution in [2.45, 2.75) is 31.6 Å². The Kier molecular flexibility index (Phi) is 4.78. The van der Waals surface area contributed by atoms with Gasteiger partial charge in [-0.25, -0.2) is 0 Å². The Balaban J connectivity index is 1.55. The number of halogens is 1. The second-order valence-corrected chi connectivity index (χ2v) is 7.31. The molecule has 25 heavy (non-hydrogen) atoms. The summed E-state index contributed by atoms with van der Waals surface area (Å²) in [5.74, 6) is 0.519. The molecule has 1 atom stereocenters. The average Bonchev–Trinajstić information content (AvgIpc) is 2.67. The fraction of sp³-hybridized carbons (Fsp3) is 0.381. The molecule has 2 aromatic carbocycles. The Morgan fingerprint density at radius 1 is 1.12 bits per heavy atom. The normalized spacial score (nSPS) is 20.2. The maximum absolute atomic E-state index is 13.0. The third kappa shape index (κ3) is 3.44. The van der Waals surface area contributed by atoms with E-state index in [-0.39, 0.29) is 5.91 Å². The Morgan fingerprint density at radius 2 is 1.96 bits per heavy atom. The molecule has 1 saturated heterocycles. The quantitative estimate of drug-likeness (QED) is 0.772. The van der Waals surface area contributed by atoms with E-state index in [0.29, 0.717) is 5.92 Å². The van der Waals surface area contributed by atoms with Gasteiger partial charge < -0.3 is 9.64 Å². The van der Waals surface area contributed by atoms with E-state index >= 15 is 0 Å². The molecule has 2 aliphatic rings. The van der Waals surface area contributed by atoms with Gasteiger partial charge in [0.05, 0.1) is 6.61 Å². The Morgan fingerprint density at radius 3 is 2.72 bits per heavy atom. The van der Waals surface area contributed by atoms with Crippen molar-refractivity contribution in [3.05, 3.63) is 64.2 Å². The monoisotopic (exact) mass is 355 g/mol. The van der Waals surface area contributed by atoms with Crippen molar-refractivity contribution < 1.29 is 9.53 Å². The Bertz CT molecular complexity index is 766. The number of carbonyl (C=O) groups is 1. The second-order valence-electron chi connectivity index (χ2n) is 6.87.